The van der Waals surface area contributed by atoms with Crippen LogP contribution in [0.5, 0.6) is 0 Å². The fourth-order valence-corrected chi connectivity index (χ4v) is 5.21. The van der Waals surface area contributed by atoms with Crippen LogP contribution in [0.3, 0.4) is 0 Å². The van der Waals surface area contributed by atoms with E-state index in [4.69, 9.17) is 0 Å². The average molecular weight is 422 g/mol. The largest absolute Gasteiger partial charge is 0.317 e. The highest BCUT2D eigenvalue weighted by Gasteiger charge is 2.11. The molecule has 0 aromatic rings. The van der Waals surface area contributed by atoms with Crippen molar-refractivity contribution in [3.05, 3.63) is 0 Å². The summed E-state index contributed by atoms with van der Waals surface area (Å²) in [6, 6.07) is 0. The molecule has 0 unspecified atom stereocenters. The maximum absolute atomic E-state index is 3.48. The van der Waals surface area contributed by atoms with Gasteiger partial charge in [0.2, 0.25) is 0 Å². The third-order valence-corrected chi connectivity index (χ3v) is 7.42. The monoisotopic (exact) mass is 421 g/mol. The summed E-state index contributed by atoms with van der Waals surface area (Å²) in [6.07, 6.45) is 37.0. The van der Waals surface area contributed by atoms with E-state index in [1.165, 1.54) is 174 Å². The van der Waals surface area contributed by atoms with E-state index in [2.05, 4.69) is 12.2 Å². The molecule has 0 radical (unpaired) electrons. The second kappa shape index (κ2) is 23.6. The van der Waals surface area contributed by atoms with Crippen LogP contribution in [0.25, 0.3) is 0 Å². The Kier molecular flexibility index (Phi) is 22.0. The molecular weight excluding hydrogens is 362 g/mol. The summed E-state index contributed by atoms with van der Waals surface area (Å²) in [5.41, 5.74) is 0. The molecule has 0 aromatic heterocycles. The normalized spacial score (nSPS) is 15.1. The number of piperidine rings is 1. The molecule has 1 fully saturated rings. The first-order chi connectivity index (χ1) is 14.9. The van der Waals surface area contributed by atoms with Crippen molar-refractivity contribution < 1.29 is 0 Å². The van der Waals surface area contributed by atoms with Crippen LogP contribution in [-0.2, 0) is 0 Å². The van der Waals surface area contributed by atoms with Gasteiger partial charge in [0.25, 0.3) is 0 Å². The molecule has 0 bridgehead atoms. The first kappa shape index (κ1) is 28.0. The number of hydrogen-bond acceptors (Lipinski definition) is 1. The Balaban J connectivity index is 1.63. The minimum atomic E-state index is 1.04. The Labute approximate surface area is 192 Å². The van der Waals surface area contributed by atoms with Crippen LogP contribution in [0.2, 0.25) is 0 Å². The molecule has 1 rings (SSSR count). The van der Waals surface area contributed by atoms with Gasteiger partial charge in [-0.25, -0.2) is 0 Å². The van der Waals surface area contributed by atoms with Gasteiger partial charge in [0.05, 0.1) is 0 Å². The molecule has 1 aliphatic heterocycles. The Morgan fingerprint density at radius 3 is 1.07 bits per heavy atom. The van der Waals surface area contributed by atoms with Crippen LogP contribution in [0, 0.1) is 5.92 Å². The van der Waals surface area contributed by atoms with E-state index in [-0.39, 0.29) is 0 Å². The van der Waals surface area contributed by atoms with Crippen LogP contribution in [0.1, 0.15) is 167 Å². The third kappa shape index (κ3) is 19.9. The van der Waals surface area contributed by atoms with Crippen LogP contribution in [0.15, 0.2) is 0 Å². The van der Waals surface area contributed by atoms with Crippen molar-refractivity contribution in [3.63, 3.8) is 0 Å². The van der Waals surface area contributed by atoms with Crippen molar-refractivity contribution in [2.75, 3.05) is 13.1 Å². The highest BCUT2D eigenvalue weighted by Crippen LogP contribution is 2.20. The molecule has 1 heteroatoms. The predicted molar refractivity (Wildman–Crippen MR) is 137 cm³/mol. The van der Waals surface area contributed by atoms with Gasteiger partial charge in [0.15, 0.2) is 0 Å². The van der Waals surface area contributed by atoms with Crippen molar-refractivity contribution >= 4 is 0 Å². The average Bonchev–Trinajstić information content (AvgIpc) is 2.78. The lowest BCUT2D eigenvalue weighted by Crippen LogP contribution is -2.27. The van der Waals surface area contributed by atoms with Gasteiger partial charge in [-0.2, -0.15) is 0 Å². The SMILES string of the molecule is CCCCCCCCCCCCCCCCCCCCCCCCC1CCNCC1. The smallest absolute Gasteiger partial charge is 0.00463 e. The molecule has 30 heavy (non-hydrogen) atoms. The third-order valence-electron chi connectivity index (χ3n) is 7.42. The summed E-state index contributed by atoms with van der Waals surface area (Å²) in [5.74, 6) is 1.04. The van der Waals surface area contributed by atoms with E-state index in [0.29, 0.717) is 0 Å². The van der Waals surface area contributed by atoms with Gasteiger partial charge in [-0.15, -0.1) is 0 Å². The lowest BCUT2D eigenvalue weighted by Gasteiger charge is -2.22. The summed E-state index contributed by atoms with van der Waals surface area (Å²) in [6.45, 7) is 4.84. The van der Waals surface area contributed by atoms with E-state index in [9.17, 15) is 0 Å². The highest BCUT2D eigenvalue weighted by molar-refractivity contribution is 4.68. The van der Waals surface area contributed by atoms with Crippen molar-refractivity contribution in [2.24, 2.45) is 5.92 Å². The molecule has 0 aliphatic carbocycles. The Hall–Kier alpha value is -0.0400. The number of nitrogens with one attached hydrogen (secondary N) is 1. The Bertz CT molecular complexity index is 307. The molecule has 0 amide bonds. The zero-order valence-corrected chi connectivity index (χ0v) is 21.2. The van der Waals surface area contributed by atoms with Gasteiger partial charge in [-0.1, -0.05) is 155 Å². The number of hydrogen-bond donors (Lipinski definition) is 1. The van der Waals surface area contributed by atoms with Gasteiger partial charge in [-0.05, 0) is 31.8 Å². The zero-order chi connectivity index (χ0) is 21.4. The van der Waals surface area contributed by atoms with Crippen LogP contribution in [-0.4, -0.2) is 13.1 Å². The summed E-state index contributed by atoms with van der Waals surface area (Å²) >= 11 is 0. The van der Waals surface area contributed by atoms with E-state index in [1.54, 1.807) is 0 Å². The second-order valence-electron chi connectivity index (χ2n) is 10.4. The molecule has 1 heterocycles. The molecule has 1 aliphatic rings. The fourth-order valence-electron chi connectivity index (χ4n) is 5.21. The van der Waals surface area contributed by atoms with Crippen molar-refractivity contribution in [2.45, 2.75) is 167 Å². The second-order valence-corrected chi connectivity index (χ2v) is 10.4. The molecular formula is C29H59N. The maximum Gasteiger partial charge on any atom is -0.00463 e. The van der Waals surface area contributed by atoms with Crippen molar-refractivity contribution in [1.29, 1.82) is 0 Å². The topological polar surface area (TPSA) is 12.0 Å². The lowest BCUT2D eigenvalue weighted by atomic mass is 9.92. The van der Waals surface area contributed by atoms with Gasteiger partial charge in [0, 0.05) is 0 Å². The number of unbranched alkanes of at least 4 members (excludes halogenated alkanes) is 21. The fraction of sp³-hybridized carbons (Fsp3) is 1.00. The molecule has 0 saturated carbocycles. The van der Waals surface area contributed by atoms with Gasteiger partial charge < -0.3 is 5.32 Å². The van der Waals surface area contributed by atoms with E-state index >= 15 is 0 Å². The Morgan fingerprint density at radius 1 is 0.433 bits per heavy atom. The first-order valence-electron chi connectivity index (χ1n) is 14.6. The molecule has 180 valence electrons. The zero-order valence-electron chi connectivity index (χ0n) is 21.2. The van der Waals surface area contributed by atoms with E-state index in [0.717, 1.165) is 5.92 Å². The summed E-state index contributed by atoms with van der Waals surface area (Å²) in [4.78, 5) is 0. The lowest BCUT2D eigenvalue weighted by molar-refractivity contribution is 0.342. The molecule has 0 atom stereocenters. The summed E-state index contributed by atoms with van der Waals surface area (Å²) in [7, 11) is 0. The van der Waals surface area contributed by atoms with Crippen molar-refractivity contribution in [3.8, 4) is 0 Å². The van der Waals surface area contributed by atoms with Crippen LogP contribution >= 0.6 is 0 Å². The van der Waals surface area contributed by atoms with E-state index < -0.39 is 0 Å². The van der Waals surface area contributed by atoms with Gasteiger partial charge in [0.1, 0.15) is 0 Å². The molecule has 0 aromatic carbocycles. The molecule has 1 saturated heterocycles. The first-order valence-corrected chi connectivity index (χ1v) is 14.6. The molecule has 1 N–H and O–H groups in total. The van der Waals surface area contributed by atoms with E-state index in [1.807, 2.05) is 0 Å². The quantitative estimate of drug-likeness (QED) is 0.162. The Morgan fingerprint density at radius 2 is 0.733 bits per heavy atom. The predicted octanol–water partition coefficient (Wildman–Crippen LogP) is 9.98. The van der Waals surface area contributed by atoms with Crippen molar-refractivity contribution in [1.82, 2.24) is 5.32 Å². The minimum absolute atomic E-state index is 1.04. The van der Waals surface area contributed by atoms with Crippen LogP contribution < -0.4 is 5.32 Å². The number of rotatable bonds is 23. The minimum Gasteiger partial charge on any atom is -0.317 e. The maximum atomic E-state index is 3.48. The standard InChI is InChI=1S/C29H59N/c1-2-3-4-5-6-7-8-9-10-11-12-13-14-15-16-17-18-19-20-21-22-23-24-29-25-27-30-28-26-29/h29-30H,2-28H2,1H3. The summed E-state index contributed by atoms with van der Waals surface area (Å²) < 4.78 is 0. The van der Waals surface area contributed by atoms with Gasteiger partial charge >= 0.3 is 0 Å². The molecule has 1 nitrogen and oxygen atoms in total. The van der Waals surface area contributed by atoms with Gasteiger partial charge in [-0.3, -0.25) is 0 Å². The molecule has 0 spiro atoms. The summed E-state index contributed by atoms with van der Waals surface area (Å²) in [5, 5.41) is 3.48. The van der Waals surface area contributed by atoms with Crippen LogP contribution in [0.4, 0.5) is 0 Å². The highest BCUT2D eigenvalue weighted by atomic mass is 14.9.